The van der Waals surface area contributed by atoms with Crippen molar-refractivity contribution in [3.8, 4) is 0 Å². The SMILES string of the molecule is CC(C)(C)C1(C)OC(=O)C=C(CCCC2=CCCC2)O1. The third kappa shape index (κ3) is 3.44. The summed E-state index contributed by atoms with van der Waals surface area (Å²) in [6.45, 7) is 7.91. The molecule has 0 saturated heterocycles. The Hall–Kier alpha value is -1.25. The first-order valence-corrected chi connectivity index (χ1v) is 7.61. The van der Waals surface area contributed by atoms with Gasteiger partial charge in [0, 0.05) is 18.8 Å². The lowest BCUT2D eigenvalue weighted by molar-refractivity contribution is -0.254. The molecule has 3 nitrogen and oxygen atoms in total. The van der Waals surface area contributed by atoms with E-state index in [2.05, 4.69) is 6.08 Å². The fourth-order valence-electron chi connectivity index (χ4n) is 2.54. The van der Waals surface area contributed by atoms with Crippen LogP contribution in [0.3, 0.4) is 0 Å². The highest BCUT2D eigenvalue weighted by Crippen LogP contribution is 2.39. The molecule has 1 atom stereocenters. The Balaban J connectivity index is 1.92. The molecule has 2 rings (SSSR count). The minimum Gasteiger partial charge on any atom is -0.456 e. The Kier molecular flexibility index (Phi) is 4.26. The minimum atomic E-state index is -0.874. The number of ether oxygens (including phenoxy) is 2. The van der Waals surface area contributed by atoms with Crippen molar-refractivity contribution in [1.29, 1.82) is 0 Å². The van der Waals surface area contributed by atoms with Crippen LogP contribution in [-0.4, -0.2) is 11.8 Å². The zero-order valence-corrected chi connectivity index (χ0v) is 13.1. The van der Waals surface area contributed by atoms with Crippen LogP contribution < -0.4 is 0 Å². The lowest BCUT2D eigenvalue weighted by Crippen LogP contribution is -2.48. The van der Waals surface area contributed by atoms with E-state index < -0.39 is 5.79 Å². The molecular weight excluding hydrogens is 252 g/mol. The predicted octanol–water partition coefficient (Wildman–Crippen LogP) is 4.49. The van der Waals surface area contributed by atoms with E-state index in [1.807, 2.05) is 27.7 Å². The van der Waals surface area contributed by atoms with E-state index in [4.69, 9.17) is 9.47 Å². The number of carbonyl (C=O) groups excluding carboxylic acids is 1. The van der Waals surface area contributed by atoms with Crippen molar-refractivity contribution in [2.45, 2.75) is 72.0 Å². The second-order valence-corrected chi connectivity index (χ2v) is 6.94. The summed E-state index contributed by atoms with van der Waals surface area (Å²) >= 11 is 0. The van der Waals surface area contributed by atoms with Gasteiger partial charge in [0.25, 0.3) is 5.79 Å². The Morgan fingerprint density at radius 1 is 1.25 bits per heavy atom. The molecule has 0 radical (unpaired) electrons. The summed E-state index contributed by atoms with van der Waals surface area (Å²) in [4.78, 5) is 11.8. The van der Waals surface area contributed by atoms with E-state index in [9.17, 15) is 4.79 Å². The van der Waals surface area contributed by atoms with Crippen LogP contribution in [0.2, 0.25) is 0 Å². The lowest BCUT2D eigenvalue weighted by Gasteiger charge is -2.43. The van der Waals surface area contributed by atoms with E-state index in [1.54, 1.807) is 5.57 Å². The third-order valence-electron chi connectivity index (χ3n) is 4.32. The number of rotatable bonds is 4. The van der Waals surface area contributed by atoms with E-state index in [0.717, 1.165) is 25.0 Å². The fraction of sp³-hybridized carbons (Fsp3) is 0.706. The second kappa shape index (κ2) is 5.63. The molecule has 0 aromatic heterocycles. The van der Waals surface area contributed by atoms with Crippen LogP contribution in [0.5, 0.6) is 0 Å². The monoisotopic (exact) mass is 278 g/mol. The van der Waals surface area contributed by atoms with Crippen LogP contribution in [-0.2, 0) is 14.3 Å². The molecule has 0 spiro atoms. The average molecular weight is 278 g/mol. The van der Waals surface area contributed by atoms with Gasteiger partial charge in [0.15, 0.2) is 0 Å². The second-order valence-electron chi connectivity index (χ2n) is 6.94. The molecular formula is C17H26O3. The molecule has 1 unspecified atom stereocenters. The van der Waals surface area contributed by atoms with Gasteiger partial charge in [-0.15, -0.1) is 0 Å². The highest BCUT2D eigenvalue weighted by molar-refractivity contribution is 5.83. The molecule has 3 heteroatoms. The normalized spacial score (nSPS) is 26.7. The maximum Gasteiger partial charge on any atom is 0.337 e. The molecule has 112 valence electrons. The van der Waals surface area contributed by atoms with Gasteiger partial charge in [-0.3, -0.25) is 0 Å². The number of hydrogen-bond acceptors (Lipinski definition) is 3. The first-order valence-electron chi connectivity index (χ1n) is 7.61. The van der Waals surface area contributed by atoms with Crippen molar-refractivity contribution in [3.63, 3.8) is 0 Å². The highest BCUT2D eigenvalue weighted by Gasteiger charge is 2.46. The van der Waals surface area contributed by atoms with E-state index >= 15 is 0 Å². The molecule has 1 aliphatic carbocycles. The molecule has 0 amide bonds. The van der Waals surface area contributed by atoms with Crippen molar-refractivity contribution >= 4 is 5.97 Å². The van der Waals surface area contributed by atoms with Gasteiger partial charge < -0.3 is 9.47 Å². The fourth-order valence-corrected chi connectivity index (χ4v) is 2.54. The number of cyclic esters (lactones) is 1. The molecule has 2 aliphatic rings. The number of esters is 1. The van der Waals surface area contributed by atoms with Crippen molar-refractivity contribution in [2.24, 2.45) is 5.41 Å². The largest absolute Gasteiger partial charge is 0.456 e. The van der Waals surface area contributed by atoms with Gasteiger partial charge in [-0.25, -0.2) is 4.79 Å². The van der Waals surface area contributed by atoms with Crippen LogP contribution >= 0.6 is 0 Å². The van der Waals surface area contributed by atoms with Gasteiger partial charge in [0.1, 0.15) is 5.76 Å². The summed E-state index contributed by atoms with van der Waals surface area (Å²) in [5.74, 6) is -0.401. The summed E-state index contributed by atoms with van der Waals surface area (Å²) in [7, 11) is 0. The molecule has 1 aliphatic heterocycles. The topological polar surface area (TPSA) is 35.5 Å². The maximum absolute atomic E-state index is 11.8. The molecule has 0 aromatic rings. The third-order valence-corrected chi connectivity index (χ3v) is 4.32. The van der Waals surface area contributed by atoms with E-state index in [1.165, 1.54) is 25.3 Å². The van der Waals surface area contributed by atoms with Crippen molar-refractivity contribution in [1.82, 2.24) is 0 Å². The Labute approximate surface area is 122 Å². The zero-order valence-electron chi connectivity index (χ0n) is 13.1. The average Bonchev–Trinajstić information content (AvgIpc) is 2.79. The first kappa shape index (κ1) is 15.1. The summed E-state index contributed by atoms with van der Waals surface area (Å²) in [6, 6.07) is 0. The van der Waals surface area contributed by atoms with Gasteiger partial charge in [-0.1, -0.05) is 32.4 Å². The summed E-state index contributed by atoms with van der Waals surface area (Å²) in [6.07, 6.45) is 10.6. The van der Waals surface area contributed by atoms with Gasteiger partial charge >= 0.3 is 5.97 Å². The molecule has 0 aromatic carbocycles. The molecule has 0 saturated carbocycles. The molecule has 20 heavy (non-hydrogen) atoms. The van der Waals surface area contributed by atoms with E-state index in [-0.39, 0.29) is 11.4 Å². The summed E-state index contributed by atoms with van der Waals surface area (Å²) < 4.78 is 11.4. The first-order chi connectivity index (χ1) is 9.30. The van der Waals surface area contributed by atoms with Crippen LogP contribution in [0.25, 0.3) is 0 Å². The van der Waals surface area contributed by atoms with Gasteiger partial charge in [-0.05, 0) is 32.1 Å². The highest BCUT2D eigenvalue weighted by atomic mass is 16.7. The number of carbonyl (C=O) groups is 1. The van der Waals surface area contributed by atoms with Gasteiger partial charge in [0.2, 0.25) is 0 Å². The van der Waals surface area contributed by atoms with Gasteiger partial charge in [0.05, 0.1) is 6.08 Å². The Morgan fingerprint density at radius 3 is 2.60 bits per heavy atom. The van der Waals surface area contributed by atoms with Crippen molar-refractivity contribution in [2.75, 3.05) is 0 Å². The number of allylic oxidation sites excluding steroid dienone is 3. The molecule has 1 heterocycles. The van der Waals surface area contributed by atoms with E-state index in [0.29, 0.717) is 0 Å². The zero-order chi connectivity index (χ0) is 14.8. The smallest absolute Gasteiger partial charge is 0.337 e. The summed E-state index contributed by atoms with van der Waals surface area (Å²) in [5, 5.41) is 0. The van der Waals surface area contributed by atoms with Crippen LogP contribution in [0.4, 0.5) is 0 Å². The van der Waals surface area contributed by atoms with Crippen molar-refractivity contribution < 1.29 is 14.3 Å². The van der Waals surface area contributed by atoms with Gasteiger partial charge in [-0.2, -0.15) is 0 Å². The minimum absolute atomic E-state index is 0.254. The van der Waals surface area contributed by atoms with Crippen LogP contribution in [0, 0.1) is 5.41 Å². The van der Waals surface area contributed by atoms with Crippen LogP contribution in [0.1, 0.15) is 66.2 Å². The standard InChI is InChI=1S/C17H26O3/c1-16(2,3)17(4)19-14(12-15(18)20-17)11-7-10-13-8-5-6-9-13/h8,12H,5-7,9-11H2,1-4H3. The molecule has 0 bridgehead atoms. The molecule has 0 fully saturated rings. The maximum atomic E-state index is 11.8. The lowest BCUT2D eigenvalue weighted by atomic mass is 9.86. The van der Waals surface area contributed by atoms with Crippen LogP contribution in [0.15, 0.2) is 23.5 Å². The molecule has 0 N–H and O–H groups in total. The Bertz CT molecular complexity index is 440. The van der Waals surface area contributed by atoms with Crippen molar-refractivity contribution in [3.05, 3.63) is 23.5 Å². The number of hydrogen-bond donors (Lipinski definition) is 0. The Morgan fingerprint density at radius 2 is 2.00 bits per heavy atom. The summed E-state index contributed by atoms with van der Waals surface area (Å²) in [5.41, 5.74) is 1.30. The quantitative estimate of drug-likeness (QED) is 0.561. The predicted molar refractivity (Wildman–Crippen MR) is 78.9 cm³/mol.